The fraction of sp³-hybridized carbons (Fsp3) is 0.0714. The average molecular weight is 302 g/mol. The molecule has 1 aromatic carbocycles. The average Bonchev–Trinajstić information content (AvgIpc) is 2.46. The Morgan fingerprint density at radius 3 is 2.36 bits per heavy atom. The van der Waals surface area contributed by atoms with Crippen LogP contribution in [0.5, 0.6) is 5.75 Å². The standard InChI is InChI=1S/C14H8F2N4O2/c1-22-10-3-6(15)2-9(16)12(10)11-7(4-17)13(19)20-14(21)8(11)5-18/h2-3H,1H3,(H3,19,20,21). The Morgan fingerprint density at radius 2 is 1.82 bits per heavy atom. The molecule has 0 atom stereocenters. The number of aromatic amines is 1. The zero-order valence-electron chi connectivity index (χ0n) is 11.2. The van der Waals surface area contributed by atoms with Crippen LogP contribution in [-0.2, 0) is 0 Å². The molecule has 0 saturated heterocycles. The molecule has 0 fully saturated rings. The van der Waals surface area contributed by atoms with Crippen LogP contribution in [0.4, 0.5) is 14.6 Å². The number of benzene rings is 1. The number of H-pyrrole nitrogens is 1. The van der Waals surface area contributed by atoms with Gasteiger partial charge in [0.1, 0.15) is 46.5 Å². The van der Waals surface area contributed by atoms with Gasteiger partial charge in [-0.2, -0.15) is 10.5 Å². The number of hydrogen-bond acceptors (Lipinski definition) is 5. The second-order valence-electron chi connectivity index (χ2n) is 4.18. The molecule has 22 heavy (non-hydrogen) atoms. The van der Waals surface area contributed by atoms with Gasteiger partial charge in [-0.1, -0.05) is 0 Å². The predicted molar refractivity (Wildman–Crippen MR) is 72.8 cm³/mol. The maximum Gasteiger partial charge on any atom is 0.268 e. The first-order valence-electron chi connectivity index (χ1n) is 5.84. The highest BCUT2D eigenvalue weighted by Gasteiger charge is 2.24. The van der Waals surface area contributed by atoms with Gasteiger partial charge in [0.15, 0.2) is 0 Å². The number of aromatic nitrogens is 1. The van der Waals surface area contributed by atoms with Crippen molar-refractivity contribution in [2.75, 3.05) is 12.8 Å². The van der Waals surface area contributed by atoms with Gasteiger partial charge in [0.25, 0.3) is 5.56 Å². The third kappa shape index (κ3) is 2.23. The molecule has 3 N–H and O–H groups in total. The number of nitrogens with two attached hydrogens (primary N) is 1. The van der Waals surface area contributed by atoms with Crippen molar-refractivity contribution in [1.82, 2.24) is 4.98 Å². The molecule has 0 aliphatic carbocycles. The maximum atomic E-state index is 14.2. The van der Waals surface area contributed by atoms with E-state index in [1.165, 1.54) is 0 Å². The number of rotatable bonds is 2. The minimum Gasteiger partial charge on any atom is -0.496 e. The van der Waals surface area contributed by atoms with Gasteiger partial charge >= 0.3 is 0 Å². The maximum absolute atomic E-state index is 14.2. The normalized spacial score (nSPS) is 9.86. The molecular weight excluding hydrogens is 294 g/mol. The van der Waals surface area contributed by atoms with Crippen molar-refractivity contribution in [2.24, 2.45) is 0 Å². The highest BCUT2D eigenvalue weighted by Crippen LogP contribution is 2.37. The number of hydrogen-bond donors (Lipinski definition) is 2. The lowest BCUT2D eigenvalue weighted by Crippen LogP contribution is -2.17. The van der Waals surface area contributed by atoms with Gasteiger partial charge in [-0.25, -0.2) is 8.78 Å². The molecule has 0 spiro atoms. The molecule has 0 unspecified atom stereocenters. The van der Waals surface area contributed by atoms with E-state index in [0.717, 1.165) is 13.2 Å². The van der Waals surface area contributed by atoms with Gasteiger partial charge in [-0.15, -0.1) is 0 Å². The Bertz CT molecular complexity index is 907. The highest BCUT2D eigenvalue weighted by molar-refractivity contribution is 5.83. The Labute approximate surface area is 123 Å². The molecule has 1 aromatic heterocycles. The van der Waals surface area contributed by atoms with E-state index >= 15 is 0 Å². The minimum atomic E-state index is -1.09. The van der Waals surface area contributed by atoms with E-state index in [-0.39, 0.29) is 28.3 Å². The number of nitrogens with one attached hydrogen (secondary N) is 1. The van der Waals surface area contributed by atoms with Gasteiger partial charge in [-0.3, -0.25) is 4.79 Å². The first kappa shape index (κ1) is 15.0. The molecule has 8 heteroatoms. The van der Waals surface area contributed by atoms with Crippen LogP contribution in [0.25, 0.3) is 11.1 Å². The van der Waals surface area contributed by atoms with E-state index in [1.807, 2.05) is 0 Å². The summed E-state index contributed by atoms with van der Waals surface area (Å²) < 4.78 is 32.4. The lowest BCUT2D eigenvalue weighted by molar-refractivity contribution is 0.409. The van der Waals surface area contributed by atoms with Crippen molar-refractivity contribution in [3.05, 3.63) is 45.2 Å². The number of nitrogen functional groups attached to an aromatic ring is 1. The summed E-state index contributed by atoms with van der Waals surface area (Å²) in [6, 6.07) is 4.71. The largest absolute Gasteiger partial charge is 0.496 e. The molecule has 0 amide bonds. The zero-order chi connectivity index (χ0) is 16.4. The summed E-state index contributed by atoms with van der Waals surface area (Å²) in [6.07, 6.45) is 0. The van der Waals surface area contributed by atoms with Crippen LogP contribution in [-0.4, -0.2) is 12.1 Å². The summed E-state index contributed by atoms with van der Waals surface area (Å²) in [5, 5.41) is 18.3. The second-order valence-corrected chi connectivity index (χ2v) is 4.18. The van der Waals surface area contributed by atoms with Gasteiger partial charge in [0.05, 0.1) is 12.7 Å². The lowest BCUT2D eigenvalue weighted by atomic mass is 9.95. The Morgan fingerprint density at radius 1 is 1.18 bits per heavy atom. The number of pyridine rings is 1. The first-order valence-corrected chi connectivity index (χ1v) is 5.84. The van der Waals surface area contributed by atoms with Crippen molar-refractivity contribution in [3.8, 4) is 29.0 Å². The molecule has 6 nitrogen and oxygen atoms in total. The second kappa shape index (κ2) is 5.54. The van der Waals surface area contributed by atoms with Crippen LogP contribution >= 0.6 is 0 Å². The van der Waals surface area contributed by atoms with Gasteiger partial charge in [0.2, 0.25) is 0 Å². The Kier molecular flexibility index (Phi) is 3.78. The van der Waals surface area contributed by atoms with E-state index in [1.54, 1.807) is 12.1 Å². The topological polar surface area (TPSA) is 116 Å². The molecule has 0 aliphatic heterocycles. The van der Waals surface area contributed by atoms with E-state index in [0.29, 0.717) is 6.07 Å². The van der Waals surface area contributed by atoms with Gasteiger partial charge in [-0.05, 0) is 0 Å². The van der Waals surface area contributed by atoms with Gasteiger partial charge in [0, 0.05) is 17.7 Å². The number of halogens is 2. The van der Waals surface area contributed by atoms with Crippen molar-refractivity contribution >= 4 is 5.82 Å². The lowest BCUT2D eigenvalue weighted by Gasteiger charge is -2.13. The molecule has 0 saturated carbocycles. The first-order chi connectivity index (χ1) is 10.4. The van der Waals surface area contributed by atoms with Crippen molar-refractivity contribution in [2.45, 2.75) is 0 Å². The number of ether oxygens (including phenoxy) is 1. The predicted octanol–water partition coefficient (Wildman–Crippen LogP) is 1.65. The minimum absolute atomic E-state index is 0.268. The number of methoxy groups -OCH3 is 1. The van der Waals surface area contributed by atoms with E-state index < -0.39 is 22.8 Å². The van der Waals surface area contributed by atoms with Crippen molar-refractivity contribution < 1.29 is 13.5 Å². The fourth-order valence-corrected chi connectivity index (χ4v) is 2.05. The number of nitriles is 2. The van der Waals surface area contributed by atoms with Crippen LogP contribution < -0.4 is 16.0 Å². The molecule has 2 rings (SSSR count). The molecule has 0 bridgehead atoms. The quantitative estimate of drug-likeness (QED) is 0.875. The zero-order valence-corrected chi connectivity index (χ0v) is 11.2. The SMILES string of the molecule is COc1cc(F)cc(F)c1-c1c(C#N)c(N)[nH]c(=O)c1C#N. The van der Waals surface area contributed by atoms with Crippen LogP contribution in [0.15, 0.2) is 16.9 Å². The molecule has 2 aromatic rings. The third-order valence-corrected chi connectivity index (χ3v) is 2.96. The molecule has 0 radical (unpaired) electrons. The Hall–Kier alpha value is -3.39. The molecule has 110 valence electrons. The summed E-state index contributed by atoms with van der Waals surface area (Å²) in [5.74, 6) is -2.59. The summed E-state index contributed by atoms with van der Waals surface area (Å²) in [4.78, 5) is 13.9. The highest BCUT2D eigenvalue weighted by atomic mass is 19.1. The number of anilines is 1. The number of nitrogens with zero attached hydrogens (tertiary/aromatic N) is 2. The van der Waals surface area contributed by atoms with Crippen molar-refractivity contribution in [3.63, 3.8) is 0 Å². The Balaban J connectivity index is 3.06. The summed E-state index contributed by atoms with van der Waals surface area (Å²) in [7, 11) is 1.16. The molecular formula is C14H8F2N4O2. The van der Waals surface area contributed by atoms with Gasteiger partial charge < -0.3 is 15.5 Å². The van der Waals surface area contributed by atoms with Crippen LogP contribution in [0, 0.1) is 34.3 Å². The molecule has 0 aliphatic rings. The monoisotopic (exact) mass is 302 g/mol. The van der Waals surface area contributed by atoms with Crippen molar-refractivity contribution in [1.29, 1.82) is 10.5 Å². The van der Waals surface area contributed by atoms with E-state index in [9.17, 15) is 18.8 Å². The fourth-order valence-electron chi connectivity index (χ4n) is 2.05. The van der Waals surface area contributed by atoms with Crippen LogP contribution in [0.3, 0.4) is 0 Å². The summed E-state index contributed by atoms with van der Waals surface area (Å²) in [5.41, 5.74) is 3.11. The van der Waals surface area contributed by atoms with Crippen LogP contribution in [0.2, 0.25) is 0 Å². The third-order valence-electron chi connectivity index (χ3n) is 2.96. The summed E-state index contributed by atoms with van der Waals surface area (Å²) in [6.45, 7) is 0. The van der Waals surface area contributed by atoms with E-state index in [4.69, 9.17) is 15.7 Å². The smallest absolute Gasteiger partial charge is 0.268 e. The molecule has 1 heterocycles. The van der Waals surface area contributed by atoms with E-state index in [2.05, 4.69) is 4.98 Å². The van der Waals surface area contributed by atoms with Crippen LogP contribution in [0.1, 0.15) is 11.1 Å². The summed E-state index contributed by atoms with van der Waals surface area (Å²) >= 11 is 0.